The summed E-state index contributed by atoms with van der Waals surface area (Å²) in [4.78, 5) is 67.9. The average Bonchev–Trinajstić information content (AvgIpc) is 2.89. The molecule has 0 radical (unpaired) electrons. The number of aliphatic carboxylic acids is 1. The van der Waals surface area contributed by atoms with Gasteiger partial charge in [0, 0.05) is 18.1 Å². The first-order valence-corrected chi connectivity index (χ1v) is 12.4. The van der Waals surface area contributed by atoms with Crippen LogP contribution < -0.4 is 10.6 Å². The number of carboxylic acid groups (broad SMARTS) is 1. The molecule has 0 unspecified atom stereocenters. The lowest BCUT2D eigenvalue weighted by Gasteiger charge is -2.35. The van der Waals surface area contributed by atoms with Crippen molar-refractivity contribution >= 4 is 40.7 Å². The molecule has 0 bridgehead atoms. The molecule has 0 spiro atoms. The number of fused-ring (bicyclic) bond motifs is 1. The highest BCUT2D eigenvalue weighted by Crippen LogP contribution is 2.24. The summed E-state index contributed by atoms with van der Waals surface area (Å²) >= 11 is 0. The Kier molecular flexibility index (Phi) is 9.48. The molecule has 0 aliphatic rings. The summed E-state index contributed by atoms with van der Waals surface area (Å²) in [6.07, 6.45) is 1.28. The predicted molar refractivity (Wildman–Crippen MR) is 145 cm³/mol. The zero-order valence-corrected chi connectivity index (χ0v) is 22.1. The summed E-state index contributed by atoms with van der Waals surface area (Å²) in [6, 6.07) is 15.8. The van der Waals surface area contributed by atoms with Gasteiger partial charge in [-0.15, -0.1) is 0 Å². The third kappa shape index (κ3) is 7.94. The number of rotatable bonds is 11. The van der Waals surface area contributed by atoms with Crippen LogP contribution in [0.5, 0.6) is 0 Å². The number of carbonyl (C=O) groups excluding carboxylic acids is 4. The summed E-state index contributed by atoms with van der Waals surface area (Å²) in [5.41, 5.74) is 0.160. The molecule has 1 heterocycles. The smallest absolute Gasteiger partial charge is 0.305 e. The fourth-order valence-electron chi connectivity index (χ4n) is 4.09. The van der Waals surface area contributed by atoms with Gasteiger partial charge in [0.15, 0.2) is 0 Å². The molecule has 0 saturated carbocycles. The van der Waals surface area contributed by atoms with Crippen molar-refractivity contribution in [3.63, 3.8) is 0 Å². The molecule has 0 fully saturated rings. The van der Waals surface area contributed by atoms with E-state index in [2.05, 4.69) is 15.6 Å². The number of hydrogen-bond acceptors (Lipinski definition) is 6. The first kappa shape index (κ1) is 29.0. The second kappa shape index (κ2) is 12.8. The maximum absolute atomic E-state index is 13.9. The van der Waals surface area contributed by atoms with E-state index in [1.807, 2.05) is 18.2 Å². The van der Waals surface area contributed by atoms with Crippen molar-refractivity contribution in [2.45, 2.75) is 45.8 Å². The van der Waals surface area contributed by atoms with Crippen LogP contribution in [0.15, 0.2) is 66.9 Å². The van der Waals surface area contributed by atoms with Crippen molar-refractivity contribution in [1.82, 2.24) is 20.5 Å². The molecule has 3 amide bonds. The zero-order valence-electron chi connectivity index (χ0n) is 22.1. The van der Waals surface area contributed by atoms with Crippen LogP contribution in [-0.4, -0.2) is 63.6 Å². The normalized spacial score (nSPS) is 12.7. The van der Waals surface area contributed by atoms with Gasteiger partial charge in [-0.1, -0.05) is 75.4 Å². The van der Waals surface area contributed by atoms with Crippen LogP contribution >= 0.6 is 0 Å². The van der Waals surface area contributed by atoms with Crippen LogP contribution in [0, 0.1) is 5.41 Å². The van der Waals surface area contributed by atoms with E-state index in [1.54, 1.807) is 63.2 Å². The van der Waals surface area contributed by atoms with E-state index in [-0.39, 0.29) is 12.2 Å². The van der Waals surface area contributed by atoms with Crippen LogP contribution in [0.4, 0.5) is 0 Å². The number of carboxylic acids is 1. The third-order valence-electron chi connectivity index (χ3n) is 6.04. The van der Waals surface area contributed by atoms with Gasteiger partial charge in [-0.25, -0.2) is 0 Å². The predicted octanol–water partition coefficient (Wildman–Crippen LogP) is 2.57. The van der Waals surface area contributed by atoms with Crippen LogP contribution in [0.3, 0.4) is 0 Å². The van der Waals surface area contributed by atoms with Gasteiger partial charge < -0.3 is 25.4 Å². The van der Waals surface area contributed by atoms with E-state index in [9.17, 15) is 24.0 Å². The molecule has 204 valence electrons. The Morgan fingerprint density at radius 3 is 2.28 bits per heavy atom. The molecule has 0 aliphatic carbocycles. The Morgan fingerprint density at radius 2 is 1.64 bits per heavy atom. The number of hydrogen-bond donors (Lipinski definition) is 3. The van der Waals surface area contributed by atoms with Crippen LogP contribution in [0.25, 0.3) is 10.8 Å². The third-order valence-corrected chi connectivity index (χ3v) is 6.04. The minimum atomic E-state index is -1.25. The van der Waals surface area contributed by atoms with Gasteiger partial charge in [-0.05, 0) is 22.4 Å². The zero-order chi connectivity index (χ0) is 28.6. The summed E-state index contributed by atoms with van der Waals surface area (Å²) in [6.45, 7) is 4.98. The van der Waals surface area contributed by atoms with Gasteiger partial charge in [-0.2, -0.15) is 0 Å². The van der Waals surface area contributed by atoms with Gasteiger partial charge in [-0.3, -0.25) is 24.2 Å². The van der Waals surface area contributed by atoms with Gasteiger partial charge in [0.25, 0.3) is 5.91 Å². The van der Waals surface area contributed by atoms with Crippen molar-refractivity contribution in [1.29, 1.82) is 0 Å². The summed E-state index contributed by atoms with van der Waals surface area (Å²) in [5.74, 6) is -3.00. The van der Waals surface area contributed by atoms with E-state index >= 15 is 0 Å². The molecule has 10 heteroatoms. The lowest BCUT2D eigenvalue weighted by molar-refractivity contribution is -0.142. The van der Waals surface area contributed by atoms with Gasteiger partial charge in [0.1, 0.15) is 18.0 Å². The summed E-state index contributed by atoms with van der Waals surface area (Å²) < 4.78 is 0. The van der Waals surface area contributed by atoms with Crippen molar-refractivity contribution in [2.75, 3.05) is 6.54 Å². The molecule has 0 aliphatic heterocycles. The molecule has 3 N–H and O–H groups in total. The fourth-order valence-corrected chi connectivity index (χ4v) is 4.09. The van der Waals surface area contributed by atoms with Crippen molar-refractivity contribution in [3.05, 3.63) is 78.1 Å². The second-order valence-corrected chi connectivity index (χ2v) is 10.2. The molecular weight excluding hydrogens is 500 g/mol. The summed E-state index contributed by atoms with van der Waals surface area (Å²) in [5, 5.41) is 15.6. The van der Waals surface area contributed by atoms with Crippen molar-refractivity contribution < 1.29 is 29.1 Å². The van der Waals surface area contributed by atoms with E-state index in [0.717, 1.165) is 10.9 Å². The van der Waals surface area contributed by atoms with Crippen LogP contribution in [0.2, 0.25) is 0 Å². The maximum Gasteiger partial charge on any atom is 0.305 e. The lowest BCUT2D eigenvalue weighted by atomic mass is 9.85. The highest BCUT2D eigenvalue weighted by atomic mass is 16.4. The molecular formula is C29H32N4O6. The number of pyridine rings is 1. The standard InChI is InChI=1S/C29H32N4O6/c1-29(2,3)26(32-27(38)25-22-12-8-7-11-20(22)13-14-30-25)28(39)33(16-19-9-5-4-6-10-19)17-23(35)31-21(18-34)15-24(36)37/h4-14,18,21,26H,15-17H2,1-3H3,(H,31,35)(H,32,38)(H,36,37)/t21-,26+/m0/s1. The number of aromatic nitrogens is 1. The quantitative estimate of drug-likeness (QED) is 0.322. The van der Waals surface area contributed by atoms with E-state index in [4.69, 9.17) is 5.11 Å². The van der Waals surface area contributed by atoms with Gasteiger partial charge >= 0.3 is 5.97 Å². The average molecular weight is 533 g/mol. The molecule has 1 aromatic heterocycles. The second-order valence-electron chi connectivity index (χ2n) is 10.2. The highest BCUT2D eigenvalue weighted by molar-refractivity contribution is 6.06. The van der Waals surface area contributed by atoms with Crippen LogP contribution in [0.1, 0.15) is 43.2 Å². The lowest BCUT2D eigenvalue weighted by Crippen LogP contribution is -2.56. The molecule has 3 aromatic rings. The molecule has 3 rings (SSSR count). The molecule has 2 atom stereocenters. The Morgan fingerprint density at radius 1 is 0.974 bits per heavy atom. The number of aldehydes is 1. The maximum atomic E-state index is 13.9. The molecule has 39 heavy (non-hydrogen) atoms. The van der Waals surface area contributed by atoms with Crippen LogP contribution in [-0.2, 0) is 25.7 Å². The van der Waals surface area contributed by atoms with Crippen molar-refractivity contribution in [3.8, 4) is 0 Å². The minimum absolute atomic E-state index is 0.0484. The SMILES string of the molecule is CC(C)(C)[C@H](NC(=O)c1nccc2ccccc12)C(=O)N(CC(=O)N[C@H](C=O)CC(=O)O)Cc1ccccc1. The highest BCUT2D eigenvalue weighted by Gasteiger charge is 2.37. The Labute approximate surface area is 226 Å². The summed E-state index contributed by atoms with van der Waals surface area (Å²) in [7, 11) is 0. The van der Waals surface area contributed by atoms with E-state index in [0.29, 0.717) is 11.7 Å². The monoisotopic (exact) mass is 532 g/mol. The van der Waals surface area contributed by atoms with Gasteiger partial charge in [0.2, 0.25) is 11.8 Å². The number of amides is 3. The fraction of sp³-hybridized carbons (Fsp3) is 0.310. The first-order chi connectivity index (χ1) is 18.5. The number of nitrogens with zero attached hydrogens (tertiary/aromatic N) is 2. The number of carbonyl (C=O) groups is 5. The number of nitrogens with one attached hydrogen (secondary N) is 2. The minimum Gasteiger partial charge on any atom is -0.481 e. The van der Waals surface area contributed by atoms with Crippen molar-refractivity contribution in [2.24, 2.45) is 5.41 Å². The molecule has 2 aromatic carbocycles. The Balaban J connectivity index is 1.89. The largest absolute Gasteiger partial charge is 0.481 e. The Hall–Kier alpha value is -4.60. The molecule has 10 nitrogen and oxygen atoms in total. The first-order valence-electron chi connectivity index (χ1n) is 12.4. The molecule has 0 saturated heterocycles. The number of benzene rings is 2. The Bertz CT molecular complexity index is 1350. The van der Waals surface area contributed by atoms with E-state index in [1.165, 1.54) is 11.1 Å². The van der Waals surface area contributed by atoms with E-state index < -0.39 is 54.2 Å². The van der Waals surface area contributed by atoms with Gasteiger partial charge in [0.05, 0.1) is 19.0 Å². The topological polar surface area (TPSA) is 146 Å².